The zero-order valence-electron chi connectivity index (χ0n) is 11.4. The van der Waals surface area contributed by atoms with Crippen molar-refractivity contribution in [2.24, 2.45) is 5.73 Å². The molecule has 6 nitrogen and oxygen atoms in total. The number of para-hydroxylation sites is 1. The molecule has 0 aliphatic rings. The van der Waals surface area contributed by atoms with Crippen LogP contribution < -0.4 is 11.5 Å². The van der Waals surface area contributed by atoms with Crippen molar-refractivity contribution in [1.82, 2.24) is 9.88 Å². The maximum atomic E-state index is 12.4. The Hall–Kier alpha value is -2.89. The third-order valence-electron chi connectivity index (χ3n) is 2.98. The summed E-state index contributed by atoms with van der Waals surface area (Å²) < 4.78 is 0. The van der Waals surface area contributed by atoms with Crippen molar-refractivity contribution in [3.8, 4) is 0 Å². The highest BCUT2D eigenvalue weighted by molar-refractivity contribution is 5.96. The van der Waals surface area contributed by atoms with Crippen LogP contribution in [-0.2, 0) is 11.3 Å². The van der Waals surface area contributed by atoms with Crippen molar-refractivity contribution in [2.75, 3.05) is 12.3 Å². The first-order valence-electron chi connectivity index (χ1n) is 6.39. The smallest absolute Gasteiger partial charge is 0.254 e. The van der Waals surface area contributed by atoms with Gasteiger partial charge in [-0.15, -0.1) is 0 Å². The third-order valence-corrected chi connectivity index (χ3v) is 2.98. The fourth-order valence-corrected chi connectivity index (χ4v) is 1.95. The van der Waals surface area contributed by atoms with E-state index in [0.29, 0.717) is 11.3 Å². The summed E-state index contributed by atoms with van der Waals surface area (Å²) in [4.78, 5) is 28.9. The summed E-state index contributed by atoms with van der Waals surface area (Å²) in [6.45, 7) is 0.0479. The molecular weight excluding hydrogens is 268 g/mol. The van der Waals surface area contributed by atoms with Gasteiger partial charge in [0.25, 0.3) is 5.91 Å². The Morgan fingerprint density at radius 1 is 1.10 bits per heavy atom. The summed E-state index contributed by atoms with van der Waals surface area (Å²) in [5.74, 6) is -0.869. The number of aromatic nitrogens is 1. The highest BCUT2D eigenvalue weighted by Gasteiger charge is 2.18. The largest absolute Gasteiger partial charge is 0.398 e. The number of anilines is 1. The molecular formula is C15H16N4O2. The van der Waals surface area contributed by atoms with E-state index in [1.165, 1.54) is 17.3 Å². The molecule has 2 rings (SSSR count). The normalized spacial score (nSPS) is 10.1. The van der Waals surface area contributed by atoms with E-state index in [1.807, 2.05) is 18.2 Å². The summed E-state index contributed by atoms with van der Waals surface area (Å²) in [6, 6.07) is 10.4. The van der Waals surface area contributed by atoms with Crippen LogP contribution in [0.25, 0.3) is 0 Å². The number of nitrogens with zero attached hydrogens (tertiary/aromatic N) is 2. The molecule has 21 heavy (non-hydrogen) atoms. The minimum atomic E-state index is -0.577. The van der Waals surface area contributed by atoms with Crippen molar-refractivity contribution < 1.29 is 9.59 Å². The molecule has 0 bridgehead atoms. The van der Waals surface area contributed by atoms with Crippen LogP contribution >= 0.6 is 0 Å². The first kappa shape index (κ1) is 14.5. The van der Waals surface area contributed by atoms with Gasteiger partial charge in [0.1, 0.15) is 0 Å². The molecule has 1 aromatic carbocycles. The van der Waals surface area contributed by atoms with Gasteiger partial charge in [0.15, 0.2) is 0 Å². The molecule has 0 atom stereocenters. The van der Waals surface area contributed by atoms with Gasteiger partial charge < -0.3 is 16.4 Å². The maximum Gasteiger partial charge on any atom is 0.254 e. The molecule has 0 spiro atoms. The van der Waals surface area contributed by atoms with E-state index in [9.17, 15) is 9.59 Å². The Balaban J connectivity index is 2.25. The van der Waals surface area contributed by atoms with E-state index >= 15 is 0 Å². The van der Waals surface area contributed by atoms with Gasteiger partial charge in [-0.25, -0.2) is 0 Å². The zero-order valence-corrected chi connectivity index (χ0v) is 11.4. The van der Waals surface area contributed by atoms with Crippen molar-refractivity contribution in [1.29, 1.82) is 0 Å². The number of amides is 2. The molecule has 0 radical (unpaired) electrons. The van der Waals surface area contributed by atoms with Gasteiger partial charge in [-0.05, 0) is 23.8 Å². The number of primary amides is 1. The first-order chi connectivity index (χ1) is 10.1. The number of benzene rings is 1. The van der Waals surface area contributed by atoms with Crippen molar-refractivity contribution >= 4 is 17.5 Å². The minimum absolute atomic E-state index is 0.171. The summed E-state index contributed by atoms with van der Waals surface area (Å²) in [7, 11) is 0. The Labute approximate surface area is 122 Å². The van der Waals surface area contributed by atoms with E-state index < -0.39 is 5.91 Å². The second kappa shape index (κ2) is 6.51. The number of nitrogens with two attached hydrogens (primary N) is 2. The fraction of sp³-hybridized carbons (Fsp3) is 0.133. The average molecular weight is 284 g/mol. The van der Waals surface area contributed by atoms with Crippen LogP contribution in [0.3, 0.4) is 0 Å². The standard InChI is InChI=1S/C15H16N4O2/c16-13-4-2-1-3-12(13)9-19(10-14(17)20)15(21)11-5-7-18-8-6-11/h1-8H,9-10,16H2,(H2,17,20). The molecule has 0 unspecified atom stereocenters. The van der Waals surface area contributed by atoms with E-state index in [4.69, 9.17) is 11.5 Å². The number of pyridine rings is 1. The molecule has 0 saturated heterocycles. The molecule has 0 aliphatic carbocycles. The lowest BCUT2D eigenvalue weighted by atomic mass is 10.1. The van der Waals surface area contributed by atoms with Crippen molar-refractivity contribution in [2.45, 2.75) is 6.54 Å². The van der Waals surface area contributed by atoms with Crippen LogP contribution in [0.1, 0.15) is 15.9 Å². The third kappa shape index (κ3) is 3.79. The summed E-state index contributed by atoms with van der Waals surface area (Å²) in [6.07, 6.45) is 3.04. The molecule has 0 saturated carbocycles. The van der Waals surface area contributed by atoms with Crippen LogP contribution in [0.15, 0.2) is 48.8 Å². The van der Waals surface area contributed by atoms with Crippen LogP contribution in [-0.4, -0.2) is 28.2 Å². The summed E-state index contributed by atoms with van der Waals surface area (Å²) in [5.41, 5.74) is 12.9. The molecule has 0 fully saturated rings. The van der Waals surface area contributed by atoms with E-state index in [-0.39, 0.29) is 19.0 Å². The van der Waals surface area contributed by atoms with Gasteiger partial charge in [-0.3, -0.25) is 14.6 Å². The minimum Gasteiger partial charge on any atom is -0.398 e. The summed E-state index contributed by atoms with van der Waals surface area (Å²) >= 11 is 0. The number of carbonyl (C=O) groups excluding carboxylic acids is 2. The van der Waals surface area contributed by atoms with Gasteiger partial charge in [0.2, 0.25) is 5.91 Å². The van der Waals surface area contributed by atoms with Gasteiger partial charge in [-0.1, -0.05) is 18.2 Å². The second-order valence-corrected chi connectivity index (χ2v) is 4.56. The molecule has 6 heteroatoms. The average Bonchev–Trinajstić information content (AvgIpc) is 2.48. The van der Waals surface area contributed by atoms with Crippen LogP contribution in [0.5, 0.6) is 0 Å². The molecule has 2 aromatic rings. The van der Waals surface area contributed by atoms with Gasteiger partial charge >= 0.3 is 0 Å². The van der Waals surface area contributed by atoms with Crippen LogP contribution in [0.4, 0.5) is 5.69 Å². The van der Waals surface area contributed by atoms with E-state index in [0.717, 1.165) is 5.56 Å². The van der Waals surface area contributed by atoms with Gasteiger partial charge in [0, 0.05) is 30.2 Å². The predicted octanol–water partition coefficient (Wildman–Crippen LogP) is 0.791. The SMILES string of the molecule is NC(=O)CN(Cc1ccccc1N)C(=O)c1ccncc1. The quantitative estimate of drug-likeness (QED) is 0.792. The van der Waals surface area contributed by atoms with Crippen LogP contribution in [0, 0.1) is 0 Å². The van der Waals surface area contributed by atoms with E-state index in [1.54, 1.807) is 18.2 Å². The number of carbonyl (C=O) groups is 2. The molecule has 1 heterocycles. The van der Waals surface area contributed by atoms with Gasteiger partial charge in [0.05, 0.1) is 6.54 Å². The number of rotatable bonds is 5. The number of hydrogen-bond donors (Lipinski definition) is 2. The van der Waals surface area contributed by atoms with Crippen molar-refractivity contribution in [3.63, 3.8) is 0 Å². The first-order valence-corrected chi connectivity index (χ1v) is 6.39. The van der Waals surface area contributed by atoms with Crippen LogP contribution in [0.2, 0.25) is 0 Å². The molecule has 108 valence electrons. The molecule has 0 aliphatic heterocycles. The van der Waals surface area contributed by atoms with Gasteiger partial charge in [-0.2, -0.15) is 0 Å². The number of nitrogen functional groups attached to an aromatic ring is 1. The van der Waals surface area contributed by atoms with E-state index in [2.05, 4.69) is 4.98 Å². The lowest BCUT2D eigenvalue weighted by Gasteiger charge is -2.22. The highest BCUT2D eigenvalue weighted by atomic mass is 16.2. The molecule has 1 aromatic heterocycles. The Morgan fingerprint density at radius 3 is 2.38 bits per heavy atom. The Morgan fingerprint density at radius 2 is 1.76 bits per heavy atom. The highest BCUT2D eigenvalue weighted by Crippen LogP contribution is 2.15. The predicted molar refractivity (Wildman–Crippen MR) is 79.0 cm³/mol. The molecule has 2 amide bonds. The number of hydrogen-bond acceptors (Lipinski definition) is 4. The topological polar surface area (TPSA) is 102 Å². The maximum absolute atomic E-state index is 12.4. The Bertz CT molecular complexity index is 643. The summed E-state index contributed by atoms with van der Waals surface area (Å²) in [5, 5.41) is 0. The monoisotopic (exact) mass is 284 g/mol. The Kier molecular flexibility index (Phi) is 4.50. The zero-order chi connectivity index (χ0) is 15.2. The fourth-order valence-electron chi connectivity index (χ4n) is 1.95. The second-order valence-electron chi connectivity index (χ2n) is 4.56. The van der Waals surface area contributed by atoms with Crippen molar-refractivity contribution in [3.05, 3.63) is 59.9 Å². The lowest BCUT2D eigenvalue weighted by molar-refractivity contribution is -0.118. The molecule has 4 N–H and O–H groups in total. The lowest BCUT2D eigenvalue weighted by Crippen LogP contribution is -2.38.